The highest BCUT2D eigenvalue weighted by Crippen LogP contribution is 2.34. The third-order valence-electron chi connectivity index (χ3n) is 4.39. The molecule has 0 aliphatic carbocycles. The van der Waals surface area contributed by atoms with E-state index in [0.29, 0.717) is 15.9 Å². The molecule has 0 radical (unpaired) electrons. The van der Waals surface area contributed by atoms with E-state index in [2.05, 4.69) is 15.6 Å². The van der Waals surface area contributed by atoms with Crippen molar-refractivity contribution in [2.75, 3.05) is 6.54 Å². The molecular formula is C18H23F2N5O4. The summed E-state index contributed by atoms with van der Waals surface area (Å²) < 4.78 is 34.4. The zero-order valence-corrected chi connectivity index (χ0v) is 16.3. The largest absolute Gasteiger partial charge is 0.444 e. The van der Waals surface area contributed by atoms with Crippen LogP contribution in [0.3, 0.4) is 0 Å². The van der Waals surface area contributed by atoms with E-state index in [1.165, 1.54) is 4.68 Å². The summed E-state index contributed by atoms with van der Waals surface area (Å²) in [6, 6.07) is 5.65. The van der Waals surface area contributed by atoms with Crippen LogP contribution in [0.5, 0.6) is 0 Å². The second kappa shape index (κ2) is 7.54. The summed E-state index contributed by atoms with van der Waals surface area (Å²) in [7, 11) is 0. The van der Waals surface area contributed by atoms with Gasteiger partial charge in [-0.05, 0) is 32.9 Å². The average molecular weight is 411 g/mol. The minimum Gasteiger partial charge on any atom is -0.444 e. The van der Waals surface area contributed by atoms with Gasteiger partial charge in [0.05, 0.1) is 18.1 Å². The van der Waals surface area contributed by atoms with Crippen molar-refractivity contribution in [3.8, 4) is 0 Å². The first-order valence-corrected chi connectivity index (χ1v) is 9.08. The van der Waals surface area contributed by atoms with Gasteiger partial charge in [0.2, 0.25) is 0 Å². The Morgan fingerprint density at radius 3 is 2.76 bits per heavy atom. The lowest BCUT2D eigenvalue weighted by Crippen LogP contribution is -2.51. The number of benzene rings is 1. The molecular weight excluding hydrogens is 388 g/mol. The molecule has 158 valence electrons. The number of aromatic nitrogens is 3. The number of ether oxygens (including phenoxy) is 1. The van der Waals surface area contributed by atoms with Crippen molar-refractivity contribution in [1.82, 2.24) is 25.2 Å². The highest BCUT2D eigenvalue weighted by Gasteiger charge is 2.52. The Labute approximate surface area is 165 Å². The minimum atomic E-state index is -3.23. The molecule has 1 saturated heterocycles. The van der Waals surface area contributed by atoms with Crippen LogP contribution in [-0.2, 0) is 16.2 Å². The zero-order valence-electron chi connectivity index (χ0n) is 16.3. The second-order valence-corrected chi connectivity index (χ2v) is 7.96. The molecule has 2 atom stereocenters. The van der Waals surface area contributed by atoms with E-state index in [9.17, 15) is 23.5 Å². The van der Waals surface area contributed by atoms with E-state index in [1.54, 1.807) is 45.0 Å². The van der Waals surface area contributed by atoms with Crippen molar-refractivity contribution >= 4 is 23.0 Å². The zero-order chi connectivity index (χ0) is 21.4. The number of halogens is 2. The maximum absolute atomic E-state index is 13.9. The van der Waals surface area contributed by atoms with Gasteiger partial charge in [-0.2, -0.15) is 0 Å². The first-order valence-electron chi connectivity index (χ1n) is 9.08. The lowest BCUT2D eigenvalue weighted by Gasteiger charge is -2.29. The fourth-order valence-corrected chi connectivity index (χ4v) is 3.12. The van der Waals surface area contributed by atoms with Crippen molar-refractivity contribution in [2.45, 2.75) is 57.5 Å². The maximum Gasteiger partial charge on any atom is 0.410 e. The number of nitrogens with one attached hydrogen (secondary N) is 1. The van der Waals surface area contributed by atoms with Gasteiger partial charge in [-0.15, -0.1) is 5.10 Å². The van der Waals surface area contributed by atoms with Gasteiger partial charge < -0.3 is 15.2 Å². The summed E-state index contributed by atoms with van der Waals surface area (Å²) in [4.78, 5) is 25.4. The molecule has 9 nitrogen and oxygen atoms in total. The van der Waals surface area contributed by atoms with Gasteiger partial charge in [0, 0.05) is 6.42 Å². The van der Waals surface area contributed by atoms with E-state index in [0.717, 1.165) is 0 Å². The van der Waals surface area contributed by atoms with Gasteiger partial charge in [0.25, 0.3) is 11.8 Å². The first-order chi connectivity index (χ1) is 13.5. The molecule has 0 bridgehead atoms. The molecule has 2 amide bonds. The molecule has 1 aromatic carbocycles. The van der Waals surface area contributed by atoms with Gasteiger partial charge in [0.1, 0.15) is 17.8 Å². The Hall–Kier alpha value is -2.82. The maximum atomic E-state index is 13.9. The van der Waals surface area contributed by atoms with Crippen molar-refractivity contribution < 1.29 is 28.2 Å². The fourth-order valence-electron chi connectivity index (χ4n) is 3.12. The van der Waals surface area contributed by atoms with Crippen LogP contribution < -0.4 is 5.32 Å². The molecule has 1 aliphatic rings. The molecule has 3 rings (SSSR count). The van der Waals surface area contributed by atoms with E-state index >= 15 is 0 Å². The van der Waals surface area contributed by atoms with E-state index in [4.69, 9.17) is 4.74 Å². The molecule has 1 aliphatic heterocycles. The molecule has 1 aromatic heterocycles. The number of carbonyl (C=O) groups excluding carboxylic acids is 2. The van der Waals surface area contributed by atoms with Crippen LogP contribution in [-0.4, -0.2) is 67.2 Å². The molecule has 1 unspecified atom stereocenters. The second-order valence-electron chi connectivity index (χ2n) is 7.96. The molecule has 11 heteroatoms. The topological polar surface area (TPSA) is 110 Å². The van der Waals surface area contributed by atoms with Crippen molar-refractivity contribution in [2.24, 2.45) is 0 Å². The first kappa shape index (κ1) is 20.9. The van der Waals surface area contributed by atoms with Crippen LogP contribution in [0, 0.1) is 0 Å². The summed E-state index contributed by atoms with van der Waals surface area (Å²) in [6.45, 7) is 3.75. The number of aliphatic hydroxyl groups excluding tert-OH is 1. The number of nitrogens with zero attached hydrogens (tertiary/aromatic N) is 4. The fraction of sp³-hybridized carbons (Fsp3) is 0.556. The van der Waals surface area contributed by atoms with Crippen LogP contribution in [0.15, 0.2) is 24.3 Å². The molecule has 29 heavy (non-hydrogen) atoms. The Bertz CT molecular complexity index is 911. The number of fused-ring (bicyclic) bond motifs is 1. The van der Waals surface area contributed by atoms with Crippen LogP contribution in [0.4, 0.5) is 13.6 Å². The predicted molar refractivity (Wildman–Crippen MR) is 98.0 cm³/mol. The van der Waals surface area contributed by atoms with E-state index < -0.39 is 48.6 Å². The number of amides is 2. The number of alkyl halides is 2. The number of aliphatic hydroxyl groups is 1. The van der Waals surface area contributed by atoms with Gasteiger partial charge in [0.15, 0.2) is 6.10 Å². The number of likely N-dealkylation sites (tertiary alicyclic amines) is 1. The normalized spacial score (nSPS) is 19.9. The number of rotatable bonds is 4. The number of para-hydroxylation sites is 1. The summed E-state index contributed by atoms with van der Waals surface area (Å²) >= 11 is 0. The van der Waals surface area contributed by atoms with Crippen LogP contribution in [0.25, 0.3) is 11.0 Å². The monoisotopic (exact) mass is 411 g/mol. The summed E-state index contributed by atoms with van der Waals surface area (Å²) in [5.74, 6) is -4.13. The Morgan fingerprint density at radius 1 is 1.38 bits per heavy atom. The van der Waals surface area contributed by atoms with Gasteiger partial charge in [-0.1, -0.05) is 17.3 Å². The number of hydrogen-bond donors (Lipinski definition) is 2. The van der Waals surface area contributed by atoms with Crippen molar-refractivity contribution in [1.29, 1.82) is 0 Å². The van der Waals surface area contributed by atoms with Gasteiger partial charge in [-0.25, -0.2) is 18.3 Å². The van der Waals surface area contributed by atoms with Crippen LogP contribution >= 0.6 is 0 Å². The lowest BCUT2D eigenvalue weighted by atomic mass is 10.1. The van der Waals surface area contributed by atoms with Crippen LogP contribution in [0.2, 0.25) is 0 Å². The third-order valence-corrected chi connectivity index (χ3v) is 4.39. The highest BCUT2D eigenvalue weighted by atomic mass is 19.3. The summed E-state index contributed by atoms with van der Waals surface area (Å²) in [6.07, 6.45) is -3.70. The quantitative estimate of drug-likeness (QED) is 0.789. The minimum absolute atomic E-state index is 0.119. The molecule has 2 aromatic rings. The van der Waals surface area contributed by atoms with Crippen molar-refractivity contribution in [3.63, 3.8) is 0 Å². The van der Waals surface area contributed by atoms with Crippen LogP contribution in [0.1, 0.15) is 27.2 Å². The molecule has 2 heterocycles. The number of carbonyl (C=O) groups is 2. The SMILES string of the molecule is CC(C)(C)OC(=O)N1CC(F)(F)C[C@H]1C(O)C(=O)NCn1nnc2ccccc21. The summed E-state index contributed by atoms with van der Waals surface area (Å²) in [5, 5.41) is 20.6. The van der Waals surface area contributed by atoms with Gasteiger partial charge >= 0.3 is 6.09 Å². The Kier molecular flexibility index (Phi) is 5.44. The predicted octanol–water partition coefficient (Wildman–Crippen LogP) is 1.51. The smallest absolute Gasteiger partial charge is 0.410 e. The average Bonchev–Trinajstić information content (AvgIpc) is 3.18. The molecule has 0 spiro atoms. The lowest BCUT2D eigenvalue weighted by molar-refractivity contribution is -0.132. The third kappa shape index (κ3) is 4.78. The molecule has 1 fully saturated rings. The van der Waals surface area contributed by atoms with Crippen molar-refractivity contribution in [3.05, 3.63) is 24.3 Å². The molecule has 2 N–H and O–H groups in total. The highest BCUT2D eigenvalue weighted by molar-refractivity contribution is 5.82. The number of hydrogen-bond acceptors (Lipinski definition) is 6. The van der Waals surface area contributed by atoms with Gasteiger partial charge in [-0.3, -0.25) is 9.69 Å². The summed E-state index contributed by atoms with van der Waals surface area (Å²) in [5.41, 5.74) is 0.375. The van der Waals surface area contributed by atoms with E-state index in [-0.39, 0.29) is 6.67 Å². The van der Waals surface area contributed by atoms with E-state index in [1.807, 2.05) is 0 Å². The molecule has 0 saturated carbocycles. The Morgan fingerprint density at radius 2 is 2.07 bits per heavy atom. The Balaban J connectivity index is 1.68. The standard InChI is InChI=1S/C18H23F2N5O4/c1-17(2,3)29-16(28)24-9-18(19,20)8-13(24)14(26)15(27)21-10-25-12-7-5-4-6-11(12)22-23-25/h4-7,13-14,26H,8-10H2,1-3H3,(H,21,27)/t13-,14?/m0/s1.